The molecule has 1 fully saturated rings. The Labute approximate surface area is 201 Å². The van der Waals surface area contributed by atoms with Gasteiger partial charge in [-0.3, -0.25) is 14.5 Å². The topological polar surface area (TPSA) is 65.5 Å². The minimum Gasteiger partial charge on any atom is -0.347 e. The van der Waals surface area contributed by atoms with Gasteiger partial charge in [0.25, 0.3) is 11.8 Å². The van der Waals surface area contributed by atoms with Crippen molar-refractivity contribution in [3.8, 4) is 0 Å². The molecule has 0 unspecified atom stereocenters. The molecule has 2 heterocycles. The number of amides is 2. The molecule has 1 saturated heterocycles. The van der Waals surface area contributed by atoms with Gasteiger partial charge in [-0.25, -0.2) is 9.37 Å². The van der Waals surface area contributed by atoms with Gasteiger partial charge in [0.1, 0.15) is 16.2 Å². The molecular weight excluding hydrogens is 459 g/mol. The summed E-state index contributed by atoms with van der Waals surface area (Å²) in [6.07, 6.45) is 0. The van der Waals surface area contributed by atoms with Gasteiger partial charge in [0.05, 0.1) is 16.9 Å². The quantitative estimate of drug-likeness (QED) is 0.532. The number of nitrogens with one attached hydrogen (secondary N) is 1. The Morgan fingerprint density at radius 1 is 1.18 bits per heavy atom. The summed E-state index contributed by atoms with van der Waals surface area (Å²) in [6.45, 7) is 7.26. The fourth-order valence-corrected chi connectivity index (χ4v) is 5.06. The van der Waals surface area contributed by atoms with Gasteiger partial charge in [-0.1, -0.05) is 18.2 Å². The number of halogens is 1. The molecule has 0 radical (unpaired) electrons. The number of thiocarbonyl (C=S) groups is 1. The van der Waals surface area contributed by atoms with Crippen LogP contribution in [-0.4, -0.2) is 27.4 Å². The maximum absolute atomic E-state index is 15.0. The summed E-state index contributed by atoms with van der Waals surface area (Å²) in [5.74, 6) is -0.969. The largest absolute Gasteiger partial charge is 0.347 e. The van der Waals surface area contributed by atoms with E-state index < -0.39 is 11.4 Å². The molecular formula is C24H23FN4O2S2. The van der Waals surface area contributed by atoms with Crippen LogP contribution in [0.1, 0.15) is 40.3 Å². The zero-order chi connectivity index (χ0) is 23.9. The van der Waals surface area contributed by atoms with Gasteiger partial charge in [-0.05, 0) is 69.7 Å². The van der Waals surface area contributed by atoms with Crippen LogP contribution in [0.15, 0.2) is 48.0 Å². The highest BCUT2D eigenvalue weighted by atomic mass is 32.1. The highest BCUT2D eigenvalue weighted by Gasteiger charge is 2.50. The lowest BCUT2D eigenvalue weighted by atomic mass is 10.0. The molecule has 4 rings (SSSR count). The highest BCUT2D eigenvalue weighted by Crippen LogP contribution is 2.37. The van der Waals surface area contributed by atoms with Crippen molar-refractivity contribution in [1.82, 2.24) is 10.3 Å². The Bertz CT molecular complexity index is 1270. The molecule has 0 spiro atoms. The van der Waals surface area contributed by atoms with Gasteiger partial charge in [0.15, 0.2) is 5.11 Å². The summed E-state index contributed by atoms with van der Waals surface area (Å²) in [6, 6.07) is 12.2. The van der Waals surface area contributed by atoms with E-state index >= 15 is 0 Å². The average molecular weight is 483 g/mol. The fraction of sp³-hybridized carbons (Fsp3) is 0.250. The number of aryl methyl sites for hydroxylation is 2. The molecule has 2 aromatic carbocycles. The minimum atomic E-state index is -0.993. The van der Waals surface area contributed by atoms with E-state index in [2.05, 4.69) is 10.3 Å². The van der Waals surface area contributed by atoms with Crippen molar-refractivity contribution in [3.63, 3.8) is 0 Å². The lowest BCUT2D eigenvalue weighted by Crippen LogP contribution is -2.44. The van der Waals surface area contributed by atoms with Crippen molar-refractivity contribution in [3.05, 3.63) is 75.5 Å². The summed E-state index contributed by atoms with van der Waals surface area (Å²) < 4.78 is 15.0. The van der Waals surface area contributed by atoms with Crippen molar-refractivity contribution in [1.29, 1.82) is 0 Å². The molecule has 0 saturated carbocycles. The second kappa shape index (κ2) is 8.64. The number of hydrogen-bond donors (Lipinski definition) is 1. The smallest absolute Gasteiger partial charge is 0.263 e. The van der Waals surface area contributed by atoms with Crippen LogP contribution >= 0.6 is 23.6 Å². The first-order valence-electron chi connectivity index (χ1n) is 10.3. The molecule has 1 N–H and O–H groups in total. The number of benzene rings is 2. The third kappa shape index (κ3) is 4.14. The third-order valence-corrected chi connectivity index (χ3v) is 6.91. The predicted octanol–water partition coefficient (Wildman–Crippen LogP) is 4.75. The average Bonchev–Trinajstić information content (AvgIpc) is 3.25. The molecule has 1 aromatic heterocycles. The molecule has 1 aliphatic heterocycles. The zero-order valence-electron chi connectivity index (χ0n) is 18.7. The maximum atomic E-state index is 15.0. The molecule has 0 bridgehead atoms. The van der Waals surface area contributed by atoms with Crippen LogP contribution in [0.3, 0.4) is 0 Å². The van der Waals surface area contributed by atoms with Crippen molar-refractivity contribution in [2.75, 3.05) is 9.80 Å². The van der Waals surface area contributed by atoms with E-state index in [0.717, 1.165) is 5.56 Å². The first-order valence-corrected chi connectivity index (χ1v) is 11.6. The van der Waals surface area contributed by atoms with E-state index in [1.54, 1.807) is 43.3 Å². The number of nitrogens with zero attached hydrogens (tertiary/aromatic N) is 3. The van der Waals surface area contributed by atoms with Gasteiger partial charge in [-0.15, -0.1) is 11.3 Å². The fourth-order valence-electron chi connectivity index (χ4n) is 3.82. The molecule has 3 aromatic rings. The standard InChI is InChI=1S/C24H23FN4O2S2/c1-14-6-5-7-17(10-14)28-22(31)24(3,4)29(23(28)32)18-9-8-16(19(25)11-18)12-26-21(30)20-15(2)27-13-33-20/h5-11,13H,12H2,1-4H3,(H,26,30). The van der Waals surface area contributed by atoms with Crippen molar-refractivity contribution >= 4 is 51.9 Å². The van der Waals surface area contributed by atoms with Crippen molar-refractivity contribution in [2.24, 2.45) is 0 Å². The molecule has 170 valence electrons. The molecule has 0 aliphatic carbocycles. The van der Waals surface area contributed by atoms with Crippen LogP contribution in [0.4, 0.5) is 15.8 Å². The van der Waals surface area contributed by atoms with E-state index in [0.29, 0.717) is 27.5 Å². The highest BCUT2D eigenvalue weighted by molar-refractivity contribution is 7.81. The second-order valence-corrected chi connectivity index (χ2v) is 9.60. The molecule has 9 heteroatoms. The van der Waals surface area contributed by atoms with Gasteiger partial charge in [-0.2, -0.15) is 0 Å². The molecule has 6 nitrogen and oxygen atoms in total. The maximum Gasteiger partial charge on any atom is 0.263 e. The number of anilines is 2. The number of aromatic nitrogens is 1. The Morgan fingerprint density at radius 3 is 2.58 bits per heavy atom. The first kappa shape index (κ1) is 23.0. The molecule has 0 atom stereocenters. The second-order valence-electron chi connectivity index (χ2n) is 8.38. The normalized spacial score (nSPS) is 15.3. The Balaban J connectivity index is 1.58. The van der Waals surface area contributed by atoms with Crippen LogP contribution in [0.25, 0.3) is 0 Å². The van der Waals surface area contributed by atoms with Gasteiger partial charge in [0.2, 0.25) is 0 Å². The summed E-state index contributed by atoms with van der Waals surface area (Å²) in [5.41, 5.74) is 3.73. The van der Waals surface area contributed by atoms with Gasteiger partial charge >= 0.3 is 0 Å². The lowest BCUT2D eigenvalue weighted by Gasteiger charge is -2.29. The first-order chi connectivity index (χ1) is 15.6. The number of carbonyl (C=O) groups excluding carboxylic acids is 2. The third-order valence-electron chi connectivity index (χ3n) is 5.61. The van der Waals surface area contributed by atoms with E-state index in [-0.39, 0.29) is 23.5 Å². The SMILES string of the molecule is Cc1cccc(N2C(=O)C(C)(C)N(c3ccc(CNC(=O)c4scnc4C)c(F)c3)C2=S)c1. The van der Waals surface area contributed by atoms with Crippen LogP contribution in [-0.2, 0) is 11.3 Å². The predicted molar refractivity (Wildman–Crippen MR) is 132 cm³/mol. The number of hydrogen-bond acceptors (Lipinski definition) is 5. The van der Waals surface area contributed by atoms with Gasteiger partial charge in [0, 0.05) is 17.8 Å². The van der Waals surface area contributed by atoms with Crippen molar-refractivity contribution < 1.29 is 14.0 Å². The van der Waals surface area contributed by atoms with E-state index in [1.807, 2.05) is 31.2 Å². The van der Waals surface area contributed by atoms with Crippen LogP contribution in [0, 0.1) is 19.7 Å². The van der Waals surface area contributed by atoms with E-state index in [1.165, 1.54) is 22.3 Å². The summed E-state index contributed by atoms with van der Waals surface area (Å²) in [5, 5.41) is 3.02. The van der Waals surface area contributed by atoms with E-state index in [4.69, 9.17) is 12.2 Å². The summed E-state index contributed by atoms with van der Waals surface area (Å²) in [4.78, 5) is 33.3. The molecule has 33 heavy (non-hydrogen) atoms. The summed E-state index contributed by atoms with van der Waals surface area (Å²) in [7, 11) is 0. The monoisotopic (exact) mass is 482 g/mol. The minimum absolute atomic E-state index is 0.0322. The van der Waals surface area contributed by atoms with Gasteiger partial charge < -0.3 is 10.2 Å². The Morgan fingerprint density at radius 2 is 1.94 bits per heavy atom. The Hall–Kier alpha value is -3.17. The summed E-state index contributed by atoms with van der Waals surface area (Å²) >= 11 is 6.90. The molecule has 1 aliphatic rings. The number of thiazole rings is 1. The number of rotatable bonds is 5. The molecule has 2 amide bonds. The van der Waals surface area contributed by atoms with E-state index in [9.17, 15) is 14.0 Å². The van der Waals surface area contributed by atoms with Crippen LogP contribution in [0.2, 0.25) is 0 Å². The lowest BCUT2D eigenvalue weighted by molar-refractivity contribution is -0.120. The van der Waals surface area contributed by atoms with Crippen LogP contribution < -0.4 is 15.1 Å². The number of carbonyl (C=O) groups is 2. The van der Waals surface area contributed by atoms with Crippen molar-refractivity contribution in [2.45, 2.75) is 39.8 Å². The Kier molecular flexibility index (Phi) is 6.02. The van der Waals surface area contributed by atoms with Crippen LogP contribution in [0.5, 0.6) is 0 Å². The zero-order valence-corrected chi connectivity index (χ0v) is 20.3.